The van der Waals surface area contributed by atoms with Crippen LogP contribution in [0.15, 0.2) is 18.2 Å². The van der Waals surface area contributed by atoms with Crippen molar-refractivity contribution in [3.05, 3.63) is 29.0 Å². The van der Waals surface area contributed by atoms with Gasteiger partial charge < -0.3 is 15.4 Å². The van der Waals surface area contributed by atoms with Gasteiger partial charge >= 0.3 is 6.09 Å². The molecule has 23 heavy (non-hydrogen) atoms. The maximum Gasteiger partial charge on any atom is 0.407 e. The highest BCUT2D eigenvalue weighted by atomic mass is 35.5. The number of hydrogen-bond acceptors (Lipinski definition) is 3. The van der Waals surface area contributed by atoms with Gasteiger partial charge in [-0.2, -0.15) is 0 Å². The Bertz CT molecular complexity index is 530. The molecule has 4 nitrogen and oxygen atoms in total. The van der Waals surface area contributed by atoms with Crippen LogP contribution in [0.4, 0.5) is 14.9 Å². The van der Waals surface area contributed by atoms with Gasteiger partial charge in [-0.1, -0.05) is 25.4 Å². The lowest BCUT2D eigenvalue weighted by atomic mass is 9.95. The number of carbonyl (C=O) groups is 1. The van der Waals surface area contributed by atoms with E-state index < -0.39 is 17.5 Å². The summed E-state index contributed by atoms with van der Waals surface area (Å²) in [6.07, 6.45) is -0.430. The van der Waals surface area contributed by atoms with E-state index in [1.165, 1.54) is 12.1 Å². The second kappa shape index (κ2) is 8.39. The van der Waals surface area contributed by atoms with Crippen molar-refractivity contribution in [2.45, 2.75) is 40.2 Å². The van der Waals surface area contributed by atoms with Gasteiger partial charge in [0.15, 0.2) is 0 Å². The van der Waals surface area contributed by atoms with Gasteiger partial charge in [0.2, 0.25) is 0 Å². The Morgan fingerprint density at radius 3 is 2.48 bits per heavy atom. The molecule has 0 aliphatic carbocycles. The van der Waals surface area contributed by atoms with E-state index in [0.29, 0.717) is 24.7 Å². The number of nitrogens with one attached hydrogen (secondary N) is 2. The quantitative estimate of drug-likeness (QED) is 0.787. The van der Waals surface area contributed by atoms with Gasteiger partial charge in [0.1, 0.15) is 11.4 Å². The van der Waals surface area contributed by atoms with Crippen molar-refractivity contribution >= 4 is 23.4 Å². The average molecular weight is 345 g/mol. The van der Waals surface area contributed by atoms with Crippen LogP contribution in [0.5, 0.6) is 0 Å². The Balaban J connectivity index is 2.52. The van der Waals surface area contributed by atoms with Crippen LogP contribution in [-0.4, -0.2) is 24.8 Å². The Kier molecular flexibility index (Phi) is 7.13. The number of ether oxygens (including phenoxy) is 1. The standard InChI is InChI=1S/C17H26ClFN2O2/c1-11(2)12(10-21-16(22)23-17(3,4)5)9-20-13-6-7-14(18)15(19)8-13/h6-8,11-12,20H,9-10H2,1-5H3,(H,21,22). The SMILES string of the molecule is CC(C)C(CNC(=O)OC(C)(C)C)CNc1ccc(Cl)c(F)c1. The van der Waals surface area contributed by atoms with Crippen molar-refractivity contribution in [3.8, 4) is 0 Å². The summed E-state index contributed by atoms with van der Waals surface area (Å²) in [5.41, 5.74) is 0.145. The molecule has 1 unspecified atom stereocenters. The molecule has 1 atom stereocenters. The molecule has 1 aromatic carbocycles. The molecule has 0 aliphatic heterocycles. The molecule has 130 valence electrons. The normalized spacial score (nSPS) is 12.9. The van der Waals surface area contributed by atoms with Crippen molar-refractivity contribution < 1.29 is 13.9 Å². The van der Waals surface area contributed by atoms with Crippen LogP contribution in [0.25, 0.3) is 0 Å². The Morgan fingerprint density at radius 2 is 1.96 bits per heavy atom. The lowest BCUT2D eigenvalue weighted by molar-refractivity contribution is 0.0516. The van der Waals surface area contributed by atoms with E-state index in [-0.39, 0.29) is 10.9 Å². The molecule has 1 rings (SSSR count). The number of hydrogen-bond donors (Lipinski definition) is 2. The maximum atomic E-state index is 13.4. The zero-order valence-corrected chi connectivity index (χ0v) is 15.1. The zero-order chi connectivity index (χ0) is 17.6. The van der Waals surface area contributed by atoms with Crippen molar-refractivity contribution in [2.24, 2.45) is 11.8 Å². The Morgan fingerprint density at radius 1 is 1.30 bits per heavy atom. The molecule has 0 aromatic heterocycles. The number of carbonyl (C=O) groups excluding carboxylic acids is 1. The Hall–Kier alpha value is -1.49. The van der Waals surface area contributed by atoms with Crippen LogP contribution in [0.3, 0.4) is 0 Å². The molecular formula is C17H26ClFN2O2. The van der Waals surface area contributed by atoms with Crippen LogP contribution in [0, 0.1) is 17.7 Å². The summed E-state index contributed by atoms with van der Waals surface area (Å²) in [4.78, 5) is 11.7. The van der Waals surface area contributed by atoms with Crippen LogP contribution >= 0.6 is 11.6 Å². The lowest BCUT2D eigenvalue weighted by Crippen LogP contribution is -2.38. The minimum Gasteiger partial charge on any atom is -0.444 e. The van der Waals surface area contributed by atoms with Gasteiger partial charge in [0, 0.05) is 18.8 Å². The molecule has 6 heteroatoms. The number of anilines is 1. The van der Waals surface area contributed by atoms with Crippen LogP contribution < -0.4 is 10.6 Å². The van der Waals surface area contributed by atoms with Crippen LogP contribution in [-0.2, 0) is 4.74 Å². The number of alkyl carbamates (subject to hydrolysis) is 1. The van der Waals surface area contributed by atoms with Crippen molar-refractivity contribution in [3.63, 3.8) is 0 Å². The predicted octanol–water partition coefficient (Wildman–Crippen LogP) is 4.69. The van der Waals surface area contributed by atoms with E-state index in [0.717, 1.165) is 0 Å². The molecule has 0 aliphatic rings. The molecule has 0 radical (unpaired) electrons. The predicted molar refractivity (Wildman–Crippen MR) is 92.5 cm³/mol. The van der Waals surface area contributed by atoms with Gasteiger partial charge in [0.05, 0.1) is 5.02 Å². The van der Waals surface area contributed by atoms with Gasteiger partial charge in [-0.25, -0.2) is 9.18 Å². The molecule has 0 saturated heterocycles. The fourth-order valence-electron chi connectivity index (χ4n) is 1.93. The largest absolute Gasteiger partial charge is 0.444 e. The molecule has 0 bridgehead atoms. The summed E-state index contributed by atoms with van der Waals surface area (Å²) in [5.74, 6) is 0.0699. The smallest absolute Gasteiger partial charge is 0.407 e. The highest BCUT2D eigenvalue weighted by molar-refractivity contribution is 6.30. The first kappa shape index (κ1) is 19.6. The van der Waals surface area contributed by atoms with E-state index in [2.05, 4.69) is 24.5 Å². The van der Waals surface area contributed by atoms with Gasteiger partial charge in [-0.15, -0.1) is 0 Å². The summed E-state index contributed by atoms with van der Waals surface area (Å²) in [6, 6.07) is 4.60. The molecule has 0 saturated carbocycles. The number of benzene rings is 1. The van der Waals surface area contributed by atoms with Crippen LogP contribution in [0.2, 0.25) is 5.02 Å². The van der Waals surface area contributed by atoms with E-state index in [1.54, 1.807) is 6.07 Å². The van der Waals surface area contributed by atoms with Gasteiger partial charge in [-0.05, 0) is 50.8 Å². The minimum absolute atomic E-state index is 0.0996. The highest BCUT2D eigenvalue weighted by Crippen LogP contribution is 2.20. The van der Waals surface area contributed by atoms with E-state index in [9.17, 15) is 9.18 Å². The number of amides is 1. The third-order valence-corrected chi connectivity index (χ3v) is 3.64. The summed E-state index contributed by atoms with van der Waals surface area (Å²) in [7, 11) is 0. The summed E-state index contributed by atoms with van der Waals surface area (Å²) in [5, 5.41) is 6.06. The first-order valence-electron chi connectivity index (χ1n) is 7.74. The second-order valence-electron chi connectivity index (χ2n) is 6.90. The molecule has 1 amide bonds. The van der Waals surface area contributed by atoms with Crippen molar-refractivity contribution in [1.29, 1.82) is 0 Å². The summed E-state index contributed by atoms with van der Waals surface area (Å²) in [6.45, 7) is 10.7. The van der Waals surface area contributed by atoms with E-state index >= 15 is 0 Å². The lowest BCUT2D eigenvalue weighted by Gasteiger charge is -2.24. The minimum atomic E-state index is -0.517. The van der Waals surface area contributed by atoms with Gasteiger partial charge in [-0.3, -0.25) is 0 Å². The highest BCUT2D eigenvalue weighted by Gasteiger charge is 2.19. The monoisotopic (exact) mass is 344 g/mol. The first-order chi connectivity index (χ1) is 10.6. The van der Waals surface area contributed by atoms with Crippen molar-refractivity contribution in [2.75, 3.05) is 18.4 Å². The number of halogens is 2. The third kappa shape index (κ3) is 7.55. The molecule has 0 spiro atoms. The van der Waals surface area contributed by atoms with Gasteiger partial charge in [0.25, 0.3) is 0 Å². The average Bonchev–Trinajstić information content (AvgIpc) is 2.40. The summed E-state index contributed by atoms with van der Waals surface area (Å²) < 4.78 is 18.7. The second-order valence-corrected chi connectivity index (χ2v) is 7.30. The molecule has 1 aromatic rings. The Labute approximate surface area is 142 Å². The first-order valence-corrected chi connectivity index (χ1v) is 8.12. The fraction of sp³-hybridized carbons (Fsp3) is 0.588. The fourth-order valence-corrected chi connectivity index (χ4v) is 2.04. The van der Waals surface area contributed by atoms with E-state index in [1.807, 2.05) is 20.8 Å². The van der Waals surface area contributed by atoms with Crippen LogP contribution in [0.1, 0.15) is 34.6 Å². The van der Waals surface area contributed by atoms with Crippen molar-refractivity contribution in [1.82, 2.24) is 5.32 Å². The van der Waals surface area contributed by atoms with E-state index in [4.69, 9.17) is 16.3 Å². The molecule has 2 N–H and O–H groups in total. The summed E-state index contributed by atoms with van der Waals surface area (Å²) >= 11 is 5.67. The number of rotatable bonds is 6. The maximum absolute atomic E-state index is 13.4. The molecule has 0 fully saturated rings. The zero-order valence-electron chi connectivity index (χ0n) is 14.4. The third-order valence-electron chi connectivity index (χ3n) is 3.34. The molecule has 0 heterocycles. The molecular weight excluding hydrogens is 319 g/mol. The topological polar surface area (TPSA) is 50.4 Å².